The first-order chi connectivity index (χ1) is 13.4. The fourth-order valence-corrected chi connectivity index (χ4v) is 2.55. The molecule has 2 rings (SSSR count). The van der Waals surface area contributed by atoms with E-state index in [0.29, 0.717) is 6.07 Å². The molecule has 1 saturated heterocycles. The third-order valence-electron chi connectivity index (χ3n) is 3.93. The van der Waals surface area contributed by atoms with Gasteiger partial charge in [-0.3, -0.25) is 14.9 Å². The van der Waals surface area contributed by atoms with Gasteiger partial charge in [0.05, 0.1) is 30.4 Å². The van der Waals surface area contributed by atoms with Gasteiger partial charge in [-0.1, -0.05) is 0 Å². The molecule has 1 aromatic rings. The van der Waals surface area contributed by atoms with Crippen LogP contribution in [-0.4, -0.2) is 56.9 Å². The molecule has 0 radical (unpaired) electrons. The molecule has 0 unspecified atom stereocenters. The zero-order valence-corrected chi connectivity index (χ0v) is 14.8. The molecule has 1 atom stereocenters. The number of nitrogens with zero attached hydrogens (tertiary/aromatic N) is 1. The number of carbonyl (C=O) groups excluding carboxylic acids is 2. The Labute approximate surface area is 161 Å². The van der Waals surface area contributed by atoms with Gasteiger partial charge in [0.25, 0.3) is 5.91 Å². The Kier molecular flexibility index (Phi) is 7.08. The highest BCUT2D eigenvalue weighted by atomic mass is 19.4. The molecule has 0 spiro atoms. The smallest absolute Gasteiger partial charge is 0.418 e. The first kappa shape index (κ1) is 22.9. The number of carbonyl (C=O) groups is 2. The van der Waals surface area contributed by atoms with E-state index >= 15 is 0 Å². The number of ether oxygens (including phenoxy) is 1. The van der Waals surface area contributed by atoms with Crippen LogP contribution in [0.5, 0.6) is 0 Å². The maximum Gasteiger partial charge on any atom is 0.418 e. The van der Waals surface area contributed by atoms with Crippen LogP contribution in [0.4, 0.5) is 37.7 Å². The second kappa shape index (κ2) is 8.97. The molecule has 1 fully saturated rings. The number of amides is 2. The van der Waals surface area contributed by atoms with Crippen LogP contribution in [-0.2, 0) is 20.5 Å². The van der Waals surface area contributed by atoms with Crippen molar-refractivity contribution in [3.63, 3.8) is 0 Å². The van der Waals surface area contributed by atoms with Crippen molar-refractivity contribution in [2.45, 2.75) is 18.4 Å². The Morgan fingerprint density at radius 1 is 1.24 bits per heavy atom. The number of alkyl halides is 6. The molecule has 2 amide bonds. The maximum atomic E-state index is 13.4. The van der Waals surface area contributed by atoms with Crippen molar-refractivity contribution in [1.29, 1.82) is 0 Å². The molecule has 1 aliphatic rings. The Hall–Kier alpha value is -2.38. The minimum atomic E-state index is -4.91. The highest BCUT2D eigenvalue weighted by molar-refractivity contribution is 5.98. The Morgan fingerprint density at radius 3 is 2.48 bits per heavy atom. The summed E-state index contributed by atoms with van der Waals surface area (Å²) < 4.78 is 82.1. The number of hydrogen-bond acceptors (Lipinski definition) is 4. The fraction of sp³-hybridized carbons (Fsp3) is 0.500. The molecular formula is C16H17F6N4O3-. The third-order valence-corrected chi connectivity index (χ3v) is 3.93. The predicted octanol–water partition coefficient (Wildman–Crippen LogP) is 2.58. The Morgan fingerprint density at radius 2 is 1.93 bits per heavy atom. The average Bonchev–Trinajstić information content (AvgIpc) is 2.61. The minimum Gasteiger partial charge on any atom is -0.676 e. The van der Waals surface area contributed by atoms with E-state index in [1.807, 2.05) is 5.32 Å². The highest BCUT2D eigenvalue weighted by Crippen LogP contribution is 2.37. The van der Waals surface area contributed by atoms with Crippen LogP contribution in [0.25, 0.3) is 5.73 Å². The summed E-state index contributed by atoms with van der Waals surface area (Å²) in [7, 11) is 0. The lowest BCUT2D eigenvalue weighted by molar-refractivity contribution is -0.137. The van der Waals surface area contributed by atoms with Crippen molar-refractivity contribution in [2.24, 2.45) is 0 Å². The molecule has 0 saturated carbocycles. The van der Waals surface area contributed by atoms with Gasteiger partial charge in [-0.25, -0.2) is 0 Å². The van der Waals surface area contributed by atoms with Crippen molar-refractivity contribution in [3.8, 4) is 0 Å². The number of benzene rings is 1. The zero-order valence-electron chi connectivity index (χ0n) is 14.8. The summed E-state index contributed by atoms with van der Waals surface area (Å²) in [5, 5.41) is 3.69. The van der Waals surface area contributed by atoms with E-state index in [1.54, 1.807) is 5.32 Å². The second-order valence-electron chi connectivity index (χ2n) is 6.07. The number of rotatable bonds is 6. The van der Waals surface area contributed by atoms with E-state index in [4.69, 9.17) is 10.5 Å². The molecule has 1 aliphatic heterocycles. The quantitative estimate of drug-likeness (QED) is 0.683. The van der Waals surface area contributed by atoms with Gasteiger partial charge in [-0.05, 0) is 18.2 Å². The second-order valence-corrected chi connectivity index (χ2v) is 6.07. The zero-order chi connectivity index (χ0) is 21.8. The van der Waals surface area contributed by atoms with E-state index in [-0.39, 0.29) is 25.4 Å². The van der Waals surface area contributed by atoms with Gasteiger partial charge in [0, 0.05) is 12.2 Å². The van der Waals surface area contributed by atoms with Gasteiger partial charge < -0.3 is 20.7 Å². The van der Waals surface area contributed by atoms with E-state index in [9.17, 15) is 35.9 Å². The summed E-state index contributed by atoms with van der Waals surface area (Å²) in [5.74, 6) is -1.75. The lowest BCUT2D eigenvalue weighted by atomic mass is 10.1. The first-order valence-corrected chi connectivity index (χ1v) is 8.27. The number of hydrogen-bond donors (Lipinski definition) is 2. The molecule has 3 N–H and O–H groups in total. The van der Waals surface area contributed by atoms with Crippen molar-refractivity contribution < 1.29 is 40.7 Å². The van der Waals surface area contributed by atoms with Crippen LogP contribution in [0.2, 0.25) is 0 Å². The van der Waals surface area contributed by atoms with E-state index in [2.05, 4.69) is 0 Å². The summed E-state index contributed by atoms with van der Waals surface area (Å²) in [4.78, 5) is 25.0. The number of anilines is 2. The normalized spacial score (nSPS) is 16.7. The van der Waals surface area contributed by atoms with Crippen molar-refractivity contribution in [3.05, 3.63) is 29.5 Å². The van der Waals surface area contributed by atoms with E-state index in [1.165, 1.54) is 6.07 Å². The maximum absolute atomic E-state index is 13.4. The van der Waals surface area contributed by atoms with Crippen molar-refractivity contribution in [2.75, 3.05) is 43.1 Å². The highest BCUT2D eigenvalue weighted by Gasteiger charge is 2.36. The summed E-state index contributed by atoms with van der Waals surface area (Å²) in [6.07, 6.45) is -9.57. The van der Waals surface area contributed by atoms with Gasteiger partial charge >= 0.3 is 12.4 Å². The lowest BCUT2D eigenvalue weighted by Gasteiger charge is -2.28. The molecule has 0 bridgehead atoms. The number of nitrogens with one attached hydrogen (secondary N) is 3. The van der Waals surface area contributed by atoms with Crippen molar-refractivity contribution in [1.82, 2.24) is 5.32 Å². The van der Waals surface area contributed by atoms with Crippen LogP contribution in [0.15, 0.2) is 18.2 Å². The average molecular weight is 427 g/mol. The molecule has 0 aromatic heterocycles. The number of morpholine rings is 1. The molecule has 162 valence electrons. The molecule has 1 aromatic carbocycles. The van der Waals surface area contributed by atoms with Crippen LogP contribution in [0.3, 0.4) is 0 Å². The topological polar surface area (TPSA) is 94.5 Å². The number of halogens is 6. The standard InChI is InChI=1S/C16H17F6N4O3/c17-15(18,19)8-24-12(6-23)14(28)25-11-2-1-9(5-10(11)16(20,21)22)26-3-4-29-7-13(26)27/h1-2,5,12,23-24H,3-4,6-8H2,(H,25,28)/q-1/t12-/m1/s1. The summed E-state index contributed by atoms with van der Waals surface area (Å²) >= 11 is 0. The van der Waals surface area contributed by atoms with Crippen LogP contribution < -0.4 is 15.5 Å². The Balaban J connectivity index is 2.25. The van der Waals surface area contributed by atoms with Gasteiger partial charge in [0.15, 0.2) is 0 Å². The summed E-state index contributed by atoms with van der Waals surface area (Å²) in [5.41, 5.74) is 5.13. The molecule has 13 heteroatoms. The first-order valence-electron chi connectivity index (χ1n) is 8.27. The van der Waals surface area contributed by atoms with E-state index < -0.39 is 54.5 Å². The van der Waals surface area contributed by atoms with Gasteiger partial charge in [0.1, 0.15) is 6.61 Å². The molecular weight excluding hydrogens is 410 g/mol. The molecule has 1 heterocycles. The SMILES string of the molecule is [NH-]C[C@@H](NCC(F)(F)F)C(=O)Nc1ccc(N2CCOCC2=O)cc1C(F)(F)F. The fourth-order valence-electron chi connectivity index (χ4n) is 2.55. The van der Waals surface area contributed by atoms with Gasteiger partial charge in [-0.2, -0.15) is 26.3 Å². The molecule has 0 aliphatic carbocycles. The Bertz CT molecular complexity index is 753. The van der Waals surface area contributed by atoms with E-state index in [0.717, 1.165) is 11.0 Å². The third kappa shape index (κ3) is 6.30. The van der Waals surface area contributed by atoms with Crippen LogP contribution >= 0.6 is 0 Å². The monoisotopic (exact) mass is 427 g/mol. The minimum absolute atomic E-state index is 0.0457. The van der Waals surface area contributed by atoms with Crippen LogP contribution in [0.1, 0.15) is 5.56 Å². The predicted molar refractivity (Wildman–Crippen MR) is 90.3 cm³/mol. The summed E-state index contributed by atoms with van der Waals surface area (Å²) in [6.45, 7) is -2.49. The van der Waals surface area contributed by atoms with Crippen molar-refractivity contribution >= 4 is 23.2 Å². The van der Waals surface area contributed by atoms with Gasteiger partial charge in [-0.15, -0.1) is 6.54 Å². The molecule has 29 heavy (non-hydrogen) atoms. The van der Waals surface area contributed by atoms with Crippen LogP contribution in [0, 0.1) is 0 Å². The molecule has 7 nitrogen and oxygen atoms in total. The van der Waals surface area contributed by atoms with Gasteiger partial charge in [0.2, 0.25) is 5.91 Å². The lowest BCUT2D eigenvalue weighted by Crippen LogP contribution is -2.46. The largest absolute Gasteiger partial charge is 0.676 e. The summed E-state index contributed by atoms with van der Waals surface area (Å²) in [6, 6.07) is 1.08.